The zero-order valence-corrected chi connectivity index (χ0v) is 12.7. The normalized spacial score (nSPS) is 13.3. The largest absolute Gasteiger partial charge is 0.481 e. The van der Waals surface area contributed by atoms with E-state index in [2.05, 4.69) is 5.32 Å². The highest BCUT2D eigenvalue weighted by atomic mass is 16.5. The number of carbonyl (C=O) groups excluding carboxylic acids is 1. The molecule has 0 spiro atoms. The molecule has 110 valence electrons. The molecule has 0 bridgehead atoms. The van der Waals surface area contributed by atoms with Crippen LogP contribution in [0.25, 0.3) is 0 Å². The molecule has 2 aromatic carbocycles. The Labute approximate surface area is 126 Å². The van der Waals surface area contributed by atoms with E-state index in [1.807, 2.05) is 68.4 Å². The molecule has 1 N–H and O–H groups in total. The Bertz CT molecular complexity index is 595. The number of nitrogens with one attached hydrogen (secondary N) is 1. The van der Waals surface area contributed by atoms with Crippen molar-refractivity contribution in [1.29, 1.82) is 0 Å². The van der Waals surface area contributed by atoms with E-state index in [-0.39, 0.29) is 11.9 Å². The topological polar surface area (TPSA) is 38.3 Å². The number of amides is 1. The van der Waals surface area contributed by atoms with Crippen LogP contribution in [0.5, 0.6) is 5.75 Å². The van der Waals surface area contributed by atoms with E-state index < -0.39 is 6.10 Å². The van der Waals surface area contributed by atoms with E-state index in [0.717, 1.165) is 16.9 Å². The summed E-state index contributed by atoms with van der Waals surface area (Å²) >= 11 is 0. The quantitative estimate of drug-likeness (QED) is 0.909. The summed E-state index contributed by atoms with van der Waals surface area (Å²) in [6.45, 7) is 5.69. The average molecular weight is 283 g/mol. The van der Waals surface area contributed by atoms with Gasteiger partial charge in [0, 0.05) is 0 Å². The lowest BCUT2D eigenvalue weighted by atomic mass is 10.1. The van der Waals surface area contributed by atoms with Gasteiger partial charge in [-0.05, 0) is 38.0 Å². The summed E-state index contributed by atoms with van der Waals surface area (Å²) in [5.74, 6) is 0.627. The van der Waals surface area contributed by atoms with Crippen LogP contribution in [0.1, 0.15) is 31.0 Å². The molecule has 2 aromatic rings. The van der Waals surface area contributed by atoms with Crippen molar-refractivity contribution < 1.29 is 9.53 Å². The van der Waals surface area contributed by atoms with E-state index in [9.17, 15) is 4.79 Å². The molecule has 0 saturated heterocycles. The molecule has 0 aromatic heterocycles. The van der Waals surface area contributed by atoms with Crippen LogP contribution >= 0.6 is 0 Å². The predicted octanol–water partition coefficient (Wildman–Crippen LogP) is 3.64. The van der Waals surface area contributed by atoms with Crippen molar-refractivity contribution in [3.8, 4) is 5.75 Å². The van der Waals surface area contributed by atoms with Gasteiger partial charge in [-0.2, -0.15) is 0 Å². The fraction of sp³-hybridized carbons (Fsp3) is 0.278. The van der Waals surface area contributed by atoms with E-state index >= 15 is 0 Å². The molecule has 21 heavy (non-hydrogen) atoms. The number of para-hydroxylation sites is 1. The summed E-state index contributed by atoms with van der Waals surface area (Å²) in [7, 11) is 0. The zero-order chi connectivity index (χ0) is 15.2. The minimum Gasteiger partial charge on any atom is -0.481 e. The van der Waals surface area contributed by atoms with Crippen LogP contribution in [0, 0.1) is 6.92 Å². The maximum atomic E-state index is 12.2. The molecule has 3 heteroatoms. The van der Waals surface area contributed by atoms with Crippen LogP contribution in [0.3, 0.4) is 0 Å². The summed E-state index contributed by atoms with van der Waals surface area (Å²) in [4.78, 5) is 12.2. The van der Waals surface area contributed by atoms with Crippen molar-refractivity contribution in [3.63, 3.8) is 0 Å². The summed E-state index contributed by atoms with van der Waals surface area (Å²) in [5.41, 5.74) is 2.10. The first-order valence-corrected chi connectivity index (χ1v) is 7.15. The second-order valence-corrected chi connectivity index (χ2v) is 5.17. The van der Waals surface area contributed by atoms with Gasteiger partial charge < -0.3 is 10.1 Å². The molecule has 0 unspecified atom stereocenters. The van der Waals surface area contributed by atoms with Gasteiger partial charge in [0.25, 0.3) is 5.91 Å². The lowest BCUT2D eigenvalue weighted by Crippen LogP contribution is -2.37. The molecule has 2 rings (SSSR count). The van der Waals surface area contributed by atoms with Gasteiger partial charge in [-0.1, -0.05) is 48.5 Å². The van der Waals surface area contributed by atoms with Crippen molar-refractivity contribution in [2.24, 2.45) is 0 Å². The monoisotopic (exact) mass is 283 g/mol. The third-order valence-electron chi connectivity index (χ3n) is 3.42. The first kappa shape index (κ1) is 15.1. The summed E-state index contributed by atoms with van der Waals surface area (Å²) < 4.78 is 5.73. The van der Waals surface area contributed by atoms with Gasteiger partial charge in [-0.3, -0.25) is 4.79 Å². The Kier molecular flexibility index (Phi) is 4.99. The maximum Gasteiger partial charge on any atom is 0.261 e. The predicted molar refractivity (Wildman–Crippen MR) is 84.3 cm³/mol. The van der Waals surface area contributed by atoms with Crippen LogP contribution in [0.2, 0.25) is 0 Å². The molecule has 0 fully saturated rings. The van der Waals surface area contributed by atoms with Gasteiger partial charge in [-0.25, -0.2) is 0 Å². The summed E-state index contributed by atoms with van der Waals surface area (Å²) in [6, 6.07) is 17.5. The van der Waals surface area contributed by atoms with E-state index in [4.69, 9.17) is 4.74 Å². The minimum atomic E-state index is -0.530. The fourth-order valence-corrected chi connectivity index (χ4v) is 2.09. The lowest BCUT2D eigenvalue weighted by Gasteiger charge is -2.19. The molecular formula is C18H21NO2. The zero-order valence-electron chi connectivity index (χ0n) is 12.7. The van der Waals surface area contributed by atoms with Crippen molar-refractivity contribution in [1.82, 2.24) is 5.32 Å². The second kappa shape index (κ2) is 6.93. The standard InChI is InChI=1S/C18H21NO2/c1-13-9-7-8-12-17(13)21-15(3)18(20)19-14(2)16-10-5-4-6-11-16/h4-12,14-15H,1-3H3,(H,19,20)/t14-,15+/m0/s1. The number of hydrogen-bond acceptors (Lipinski definition) is 2. The van der Waals surface area contributed by atoms with Gasteiger partial charge in [0.1, 0.15) is 5.75 Å². The first-order chi connectivity index (χ1) is 10.1. The number of hydrogen-bond donors (Lipinski definition) is 1. The van der Waals surface area contributed by atoms with Crippen molar-refractivity contribution in [3.05, 3.63) is 65.7 Å². The molecular weight excluding hydrogens is 262 g/mol. The molecule has 0 radical (unpaired) electrons. The van der Waals surface area contributed by atoms with Crippen molar-refractivity contribution >= 4 is 5.91 Å². The summed E-state index contributed by atoms with van der Waals surface area (Å²) in [5, 5.41) is 2.97. The average Bonchev–Trinajstić information content (AvgIpc) is 2.50. The minimum absolute atomic E-state index is 0.0402. The Morgan fingerprint density at radius 1 is 1.00 bits per heavy atom. The van der Waals surface area contributed by atoms with Crippen LogP contribution in [-0.4, -0.2) is 12.0 Å². The highest BCUT2D eigenvalue weighted by Gasteiger charge is 2.18. The number of ether oxygens (including phenoxy) is 1. The molecule has 1 amide bonds. The molecule has 0 aliphatic heterocycles. The van der Waals surface area contributed by atoms with E-state index in [0.29, 0.717) is 0 Å². The van der Waals surface area contributed by atoms with E-state index in [1.165, 1.54) is 0 Å². The molecule has 2 atom stereocenters. The first-order valence-electron chi connectivity index (χ1n) is 7.15. The van der Waals surface area contributed by atoms with Gasteiger partial charge in [-0.15, -0.1) is 0 Å². The Morgan fingerprint density at radius 2 is 1.62 bits per heavy atom. The molecule has 0 heterocycles. The van der Waals surface area contributed by atoms with Gasteiger partial charge in [0.15, 0.2) is 6.10 Å². The number of benzene rings is 2. The Balaban J connectivity index is 1.95. The smallest absolute Gasteiger partial charge is 0.261 e. The number of carbonyl (C=O) groups is 1. The van der Waals surface area contributed by atoms with Crippen molar-refractivity contribution in [2.45, 2.75) is 32.9 Å². The Morgan fingerprint density at radius 3 is 2.29 bits per heavy atom. The van der Waals surface area contributed by atoms with Gasteiger partial charge in [0.2, 0.25) is 0 Å². The second-order valence-electron chi connectivity index (χ2n) is 5.17. The fourth-order valence-electron chi connectivity index (χ4n) is 2.09. The SMILES string of the molecule is Cc1ccccc1O[C@H](C)C(=O)N[C@@H](C)c1ccccc1. The van der Waals surface area contributed by atoms with Gasteiger partial charge >= 0.3 is 0 Å². The van der Waals surface area contributed by atoms with Gasteiger partial charge in [0.05, 0.1) is 6.04 Å². The molecule has 0 aliphatic rings. The van der Waals surface area contributed by atoms with Crippen LogP contribution in [0.15, 0.2) is 54.6 Å². The highest BCUT2D eigenvalue weighted by Crippen LogP contribution is 2.18. The molecule has 0 saturated carbocycles. The molecule has 3 nitrogen and oxygen atoms in total. The van der Waals surface area contributed by atoms with Crippen LogP contribution in [0.4, 0.5) is 0 Å². The van der Waals surface area contributed by atoms with Crippen LogP contribution < -0.4 is 10.1 Å². The third kappa shape index (κ3) is 4.09. The third-order valence-corrected chi connectivity index (χ3v) is 3.42. The Hall–Kier alpha value is -2.29. The van der Waals surface area contributed by atoms with E-state index in [1.54, 1.807) is 6.92 Å². The summed E-state index contributed by atoms with van der Waals surface area (Å²) in [6.07, 6.45) is -0.530. The lowest BCUT2D eigenvalue weighted by molar-refractivity contribution is -0.127. The molecule has 0 aliphatic carbocycles. The maximum absolute atomic E-state index is 12.2. The van der Waals surface area contributed by atoms with Crippen LogP contribution in [-0.2, 0) is 4.79 Å². The van der Waals surface area contributed by atoms with Crippen molar-refractivity contribution in [2.75, 3.05) is 0 Å². The number of aryl methyl sites for hydroxylation is 1. The number of rotatable bonds is 5. The highest BCUT2D eigenvalue weighted by molar-refractivity contribution is 5.81.